The van der Waals surface area contributed by atoms with E-state index in [4.69, 9.17) is 9.47 Å². The van der Waals surface area contributed by atoms with Crippen LogP contribution in [0.3, 0.4) is 0 Å². The van der Waals surface area contributed by atoms with Crippen LogP contribution >= 0.6 is 11.3 Å². The molecule has 0 unspecified atom stereocenters. The summed E-state index contributed by atoms with van der Waals surface area (Å²) in [6, 6.07) is 14.3. The first-order chi connectivity index (χ1) is 30.2. The Morgan fingerprint density at radius 3 is 2.43 bits per heavy atom. The molecule has 6 aromatic rings. The molecule has 0 radical (unpaired) electrons. The van der Waals surface area contributed by atoms with Crippen LogP contribution in [0.5, 0.6) is 11.5 Å². The summed E-state index contributed by atoms with van der Waals surface area (Å²) in [6.07, 6.45) is 7.90. The predicted molar refractivity (Wildman–Crippen MR) is 242 cm³/mol. The molecule has 18 heteroatoms. The molecule has 0 spiro atoms. The lowest BCUT2D eigenvalue weighted by Crippen LogP contribution is -2.35. The number of nitrogens with one attached hydrogen (secondary N) is 4. The molecule has 8 rings (SSSR count). The van der Waals surface area contributed by atoms with Gasteiger partial charge in [-0.2, -0.15) is 0 Å². The Bertz CT molecular complexity index is 2850. The van der Waals surface area contributed by atoms with Crippen LogP contribution in [0.15, 0.2) is 89.6 Å². The quantitative estimate of drug-likeness (QED) is 0.0654. The molecule has 6 heterocycles. The van der Waals surface area contributed by atoms with Gasteiger partial charge in [0.15, 0.2) is 16.6 Å². The van der Waals surface area contributed by atoms with Gasteiger partial charge in [0.2, 0.25) is 5.91 Å². The smallest absolute Gasteiger partial charge is 0.279 e. The summed E-state index contributed by atoms with van der Waals surface area (Å²) in [5.74, 6) is -0.893. The first kappa shape index (κ1) is 42.2. The molecule has 4 amide bonds. The third-order valence-corrected chi connectivity index (χ3v) is 11.3. The molecule has 0 aliphatic carbocycles. The SMILES string of the molecule is C=C1C[C@H]2C=Nc3cc(OCCCC(=O)Nc4nc(C(=O)Nc5cc(C(=O)Nc6cc(C(=O)n7ccc8ccc(NC(C)C)cc87)n(C)c6)n(C)c5)cs4)c(OC)cc3C(=O)N2C1. The summed E-state index contributed by atoms with van der Waals surface area (Å²) in [7, 11) is 4.90. The lowest BCUT2D eigenvalue weighted by molar-refractivity contribution is -0.116. The fraction of sp³-hybridized carbons (Fsp3) is 0.267. The number of thiazole rings is 1. The highest BCUT2D eigenvalue weighted by atomic mass is 32.1. The molecular formula is C45H46N10O7S. The Kier molecular flexibility index (Phi) is 11.7. The van der Waals surface area contributed by atoms with E-state index in [0.717, 1.165) is 33.5 Å². The number of aromatic nitrogens is 4. The number of hydrogen-bond acceptors (Lipinski definition) is 11. The van der Waals surface area contributed by atoms with Gasteiger partial charge in [-0.15, -0.1) is 11.3 Å². The number of ether oxygens (including phenoxy) is 2. The van der Waals surface area contributed by atoms with E-state index < -0.39 is 11.8 Å². The summed E-state index contributed by atoms with van der Waals surface area (Å²) in [5.41, 5.74) is 5.06. The number of amides is 4. The van der Waals surface area contributed by atoms with E-state index in [-0.39, 0.29) is 59.4 Å². The Labute approximate surface area is 366 Å². The largest absolute Gasteiger partial charge is 0.493 e. The zero-order chi connectivity index (χ0) is 44.5. The minimum atomic E-state index is -0.528. The van der Waals surface area contributed by atoms with Crippen molar-refractivity contribution in [1.29, 1.82) is 0 Å². The van der Waals surface area contributed by atoms with Gasteiger partial charge >= 0.3 is 0 Å². The summed E-state index contributed by atoms with van der Waals surface area (Å²) < 4.78 is 16.3. The van der Waals surface area contributed by atoms with Crippen LogP contribution in [-0.4, -0.2) is 91.7 Å². The highest BCUT2D eigenvalue weighted by molar-refractivity contribution is 7.14. The second-order valence-corrected chi connectivity index (χ2v) is 16.6. The second-order valence-electron chi connectivity index (χ2n) is 15.7. The fourth-order valence-corrected chi connectivity index (χ4v) is 8.29. The van der Waals surface area contributed by atoms with Crippen LogP contribution in [0.2, 0.25) is 0 Å². The molecule has 324 valence electrons. The number of carbonyl (C=O) groups is 5. The van der Waals surface area contributed by atoms with Gasteiger partial charge in [-0.05, 0) is 63.1 Å². The molecule has 63 heavy (non-hydrogen) atoms. The zero-order valence-corrected chi connectivity index (χ0v) is 36.2. The van der Waals surface area contributed by atoms with Gasteiger partial charge in [-0.25, -0.2) is 4.98 Å². The van der Waals surface area contributed by atoms with E-state index in [1.54, 1.807) is 75.7 Å². The predicted octanol–water partition coefficient (Wildman–Crippen LogP) is 7.08. The molecule has 2 aliphatic rings. The number of carbonyl (C=O) groups excluding carboxylic acids is 5. The molecule has 4 N–H and O–H groups in total. The van der Waals surface area contributed by atoms with E-state index in [9.17, 15) is 24.0 Å². The van der Waals surface area contributed by atoms with Crippen molar-refractivity contribution in [2.45, 2.75) is 45.2 Å². The van der Waals surface area contributed by atoms with Crippen molar-refractivity contribution < 1.29 is 33.4 Å². The summed E-state index contributed by atoms with van der Waals surface area (Å²) >= 11 is 1.10. The Morgan fingerprint density at radius 1 is 0.921 bits per heavy atom. The fourth-order valence-electron chi connectivity index (χ4n) is 7.58. The topological polar surface area (TPSA) is 195 Å². The average Bonchev–Trinajstić information content (AvgIpc) is 4.09. The molecule has 0 bridgehead atoms. The molecule has 1 fully saturated rings. The monoisotopic (exact) mass is 870 g/mol. The van der Waals surface area contributed by atoms with Crippen LogP contribution in [0.4, 0.5) is 27.9 Å². The van der Waals surface area contributed by atoms with Crippen molar-refractivity contribution in [1.82, 2.24) is 23.6 Å². The van der Waals surface area contributed by atoms with Crippen molar-refractivity contribution in [2.75, 3.05) is 41.5 Å². The maximum Gasteiger partial charge on any atom is 0.279 e. The van der Waals surface area contributed by atoms with Crippen LogP contribution in [0.1, 0.15) is 74.9 Å². The maximum atomic E-state index is 13.7. The number of nitrogens with zero attached hydrogens (tertiary/aromatic N) is 6. The molecule has 2 aliphatic heterocycles. The number of hydrogen-bond donors (Lipinski definition) is 4. The molecule has 1 atom stereocenters. The Hall–Kier alpha value is -7.47. The first-order valence-electron chi connectivity index (χ1n) is 20.2. The normalized spacial score (nSPS) is 14.4. The number of anilines is 4. The first-order valence-corrected chi connectivity index (χ1v) is 21.1. The standard InChI is InChI=1S/C45H46N10O7S/c1-25(2)47-28-10-9-27-11-12-54(35(27)15-28)44(60)37-17-30(23-53(37)5)49-42(58)36-16-29(22-52(36)4)48-41(57)34-24-63-45(50-34)51-40(56)8-7-13-62-39-19-33-32(18-38(39)61-6)43(59)55-21-26(3)14-31(55)20-46-33/h9-12,15-20,22-25,31,47H,3,7-8,13-14,21H2,1-2,4-6H3,(H,48,57)(H,49,58)(H,50,51,56)/t31-/m0/s1. The average molecular weight is 871 g/mol. The van der Waals surface area contributed by atoms with Crippen LogP contribution < -0.4 is 30.7 Å². The zero-order valence-electron chi connectivity index (χ0n) is 35.4. The number of aliphatic imine (C=N–C) groups is 1. The number of fused-ring (bicyclic) bond motifs is 3. The van der Waals surface area contributed by atoms with Gasteiger partial charge in [0, 0.05) is 80.4 Å². The lowest BCUT2D eigenvalue weighted by Gasteiger charge is -2.20. The number of benzene rings is 2. The van der Waals surface area contributed by atoms with Gasteiger partial charge < -0.3 is 44.8 Å². The van der Waals surface area contributed by atoms with E-state index >= 15 is 0 Å². The highest BCUT2D eigenvalue weighted by Gasteiger charge is 2.34. The van der Waals surface area contributed by atoms with E-state index in [0.29, 0.717) is 59.2 Å². The van der Waals surface area contributed by atoms with Crippen molar-refractivity contribution in [3.8, 4) is 11.5 Å². The minimum absolute atomic E-state index is 0.0830. The molecule has 1 saturated heterocycles. The highest BCUT2D eigenvalue weighted by Crippen LogP contribution is 2.38. The van der Waals surface area contributed by atoms with Crippen molar-refractivity contribution >= 4 is 85.9 Å². The number of methoxy groups -OCH3 is 1. The summed E-state index contributed by atoms with van der Waals surface area (Å²) in [4.78, 5) is 76.8. The van der Waals surface area contributed by atoms with E-state index in [1.807, 2.05) is 38.1 Å². The van der Waals surface area contributed by atoms with Crippen molar-refractivity contribution in [3.63, 3.8) is 0 Å². The lowest BCUT2D eigenvalue weighted by atomic mass is 10.1. The van der Waals surface area contributed by atoms with Gasteiger partial charge in [0.05, 0.1) is 47.9 Å². The summed E-state index contributed by atoms with van der Waals surface area (Å²) in [6.45, 7) is 8.78. The van der Waals surface area contributed by atoms with Gasteiger partial charge in [0.1, 0.15) is 17.1 Å². The molecule has 2 aromatic carbocycles. The van der Waals surface area contributed by atoms with Crippen LogP contribution in [-0.2, 0) is 18.9 Å². The summed E-state index contributed by atoms with van der Waals surface area (Å²) in [5, 5.41) is 14.4. The molecule has 17 nitrogen and oxygen atoms in total. The maximum absolute atomic E-state index is 13.7. The van der Waals surface area contributed by atoms with Crippen molar-refractivity contribution in [2.24, 2.45) is 19.1 Å². The minimum Gasteiger partial charge on any atom is -0.493 e. The Balaban J connectivity index is 0.823. The van der Waals surface area contributed by atoms with Gasteiger partial charge in [-0.1, -0.05) is 18.2 Å². The molecule has 0 saturated carbocycles. The van der Waals surface area contributed by atoms with Gasteiger partial charge in [0.25, 0.3) is 23.6 Å². The number of rotatable bonds is 14. The Morgan fingerprint density at radius 2 is 1.67 bits per heavy atom. The van der Waals surface area contributed by atoms with E-state index in [1.165, 1.54) is 18.6 Å². The third-order valence-electron chi connectivity index (χ3n) is 10.6. The molecule has 4 aromatic heterocycles. The van der Waals surface area contributed by atoms with E-state index in [2.05, 4.69) is 37.8 Å². The van der Waals surface area contributed by atoms with Crippen molar-refractivity contribution in [3.05, 3.63) is 107 Å². The van der Waals surface area contributed by atoms with Crippen LogP contribution in [0.25, 0.3) is 10.9 Å². The second kappa shape index (κ2) is 17.5. The van der Waals surface area contributed by atoms with Crippen LogP contribution in [0, 0.1) is 0 Å². The molecular weight excluding hydrogens is 825 g/mol. The number of aryl methyl sites for hydroxylation is 2. The van der Waals surface area contributed by atoms with Gasteiger partial charge in [-0.3, -0.25) is 33.5 Å². The third kappa shape index (κ3) is 8.97.